The van der Waals surface area contributed by atoms with Crippen LogP contribution in [0.3, 0.4) is 0 Å². The zero-order valence-electron chi connectivity index (χ0n) is 16.0. The Kier molecular flexibility index (Phi) is 8.07. The zero-order valence-corrected chi connectivity index (χ0v) is 16.0. The third kappa shape index (κ3) is 6.43. The summed E-state index contributed by atoms with van der Waals surface area (Å²) in [5, 5.41) is 0. The molecule has 1 aliphatic rings. The van der Waals surface area contributed by atoms with Crippen molar-refractivity contribution in [3.8, 4) is 0 Å². The van der Waals surface area contributed by atoms with Gasteiger partial charge in [0.1, 0.15) is 5.82 Å². The Bertz CT molecular complexity index is 578. The number of amides is 2. The van der Waals surface area contributed by atoms with E-state index in [4.69, 9.17) is 0 Å². The number of nitrogens with zero attached hydrogens (tertiary/aromatic N) is 2. The summed E-state index contributed by atoms with van der Waals surface area (Å²) in [6, 6.07) is 6.63. The summed E-state index contributed by atoms with van der Waals surface area (Å²) in [6.45, 7) is 6.25. The smallest absolute Gasteiger partial charge is 0.223 e. The van der Waals surface area contributed by atoms with Crippen LogP contribution in [0.4, 0.5) is 4.39 Å². The summed E-state index contributed by atoms with van der Waals surface area (Å²) in [5.41, 5.74) is 0.944. The van der Waals surface area contributed by atoms with Crippen LogP contribution in [0.2, 0.25) is 0 Å². The second-order valence-electron chi connectivity index (χ2n) is 7.11. The molecule has 1 saturated carbocycles. The van der Waals surface area contributed by atoms with Crippen molar-refractivity contribution in [2.45, 2.75) is 71.4 Å². The van der Waals surface area contributed by atoms with Crippen LogP contribution in [0.15, 0.2) is 24.3 Å². The van der Waals surface area contributed by atoms with Gasteiger partial charge in [-0.1, -0.05) is 26.0 Å². The van der Waals surface area contributed by atoms with Gasteiger partial charge in [0.25, 0.3) is 0 Å². The first-order chi connectivity index (χ1) is 12.5. The fourth-order valence-electron chi connectivity index (χ4n) is 3.19. The van der Waals surface area contributed by atoms with Gasteiger partial charge in [0.2, 0.25) is 11.8 Å². The molecule has 5 heteroatoms. The van der Waals surface area contributed by atoms with Crippen LogP contribution in [0.5, 0.6) is 0 Å². The zero-order chi connectivity index (χ0) is 18.9. The fourth-order valence-corrected chi connectivity index (χ4v) is 3.19. The Morgan fingerprint density at radius 2 is 1.58 bits per heavy atom. The normalized spacial score (nSPS) is 13.5. The van der Waals surface area contributed by atoms with Crippen molar-refractivity contribution in [3.05, 3.63) is 35.6 Å². The number of halogens is 1. The van der Waals surface area contributed by atoms with Crippen LogP contribution in [0.25, 0.3) is 0 Å². The highest BCUT2D eigenvalue weighted by Crippen LogP contribution is 2.29. The lowest BCUT2D eigenvalue weighted by atomic mass is 10.1. The predicted molar refractivity (Wildman–Crippen MR) is 101 cm³/mol. The van der Waals surface area contributed by atoms with Crippen LogP contribution in [-0.4, -0.2) is 40.7 Å². The summed E-state index contributed by atoms with van der Waals surface area (Å²) in [6.07, 6.45) is 5.40. The molecule has 144 valence electrons. The number of hydrogen-bond acceptors (Lipinski definition) is 2. The van der Waals surface area contributed by atoms with Gasteiger partial charge in [-0.3, -0.25) is 9.59 Å². The molecule has 0 atom stereocenters. The summed E-state index contributed by atoms with van der Waals surface area (Å²) in [4.78, 5) is 28.7. The van der Waals surface area contributed by atoms with Gasteiger partial charge in [0, 0.05) is 38.5 Å². The average Bonchev–Trinajstić information content (AvgIpc) is 3.45. The Labute approximate surface area is 156 Å². The largest absolute Gasteiger partial charge is 0.343 e. The van der Waals surface area contributed by atoms with Gasteiger partial charge in [-0.25, -0.2) is 4.39 Å². The van der Waals surface area contributed by atoms with Gasteiger partial charge < -0.3 is 9.80 Å². The number of rotatable bonds is 11. The Balaban J connectivity index is 1.82. The van der Waals surface area contributed by atoms with Crippen molar-refractivity contribution in [3.63, 3.8) is 0 Å². The minimum atomic E-state index is -0.264. The van der Waals surface area contributed by atoms with Gasteiger partial charge >= 0.3 is 0 Å². The number of carbonyl (C=O) groups is 2. The first kappa shape index (κ1) is 20.4. The monoisotopic (exact) mass is 362 g/mol. The van der Waals surface area contributed by atoms with E-state index in [-0.39, 0.29) is 17.6 Å². The van der Waals surface area contributed by atoms with Crippen molar-refractivity contribution in [2.24, 2.45) is 0 Å². The minimum Gasteiger partial charge on any atom is -0.343 e. The van der Waals surface area contributed by atoms with Gasteiger partial charge in [-0.15, -0.1) is 0 Å². The summed E-state index contributed by atoms with van der Waals surface area (Å²) >= 11 is 0. The molecule has 0 unspecified atom stereocenters. The van der Waals surface area contributed by atoms with Gasteiger partial charge in [0.15, 0.2) is 0 Å². The highest BCUT2D eigenvalue weighted by atomic mass is 19.1. The molecule has 0 bridgehead atoms. The Morgan fingerprint density at radius 3 is 2.12 bits per heavy atom. The lowest BCUT2D eigenvalue weighted by Gasteiger charge is -2.24. The molecule has 0 spiro atoms. The molecule has 1 aliphatic carbocycles. The summed E-state index contributed by atoms with van der Waals surface area (Å²) in [5.74, 6) is -0.0135. The predicted octanol–water partition coefficient (Wildman–Crippen LogP) is 4.14. The van der Waals surface area contributed by atoms with E-state index < -0.39 is 0 Å². The molecular formula is C21H31FN2O2. The second-order valence-corrected chi connectivity index (χ2v) is 7.11. The Hall–Kier alpha value is -1.91. The van der Waals surface area contributed by atoms with E-state index in [1.54, 1.807) is 12.1 Å². The fraction of sp³-hybridized carbons (Fsp3) is 0.619. The molecule has 0 radical (unpaired) electrons. The molecule has 4 nitrogen and oxygen atoms in total. The average molecular weight is 362 g/mol. The third-order valence-corrected chi connectivity index (χ3v) is 4.70. The maximum absolute atomic E-state index is 13.1. The van der Waals surface area contributed by atoms with Crippen LogP contribution >= 0.6 is 0 Å². The van der Waals surface area contributed by atoms with Crippen LogP contribution in [0.1, 0.15) is 64.4 Å². The molecule has 0 aliphatic heterocycles. The first-order valence-corrected chi connectivity index (χ1v) is 9.86. The molecule has 0 N–H and O–H groups in total. The first-order valence-electron chi connectivity index (χ1n) is 9.86. The number of hydrogen-bond donors (Lipinski definition) is 0. The molecule has 1 aromatic rings. The Morgan fingerprint density at radius 1 is 1.00 bits per heavy atom. The minimum absolute atomic E-state index is 0.0992. The molecule has 2 amide bonds. The van der Waals surface area contributed by atoms with Crippen LogP contribution < -0.4 is 0 Å². The van der Waals surface area contributed by atoms with E-state index in [1.807, 2.05) is 9.80 Å². The van der Waals surface area contributed by atoms with Gasteiger partial charge in [0.05, 0.1) is 0 Å². The van der Waals surface area contributed by atoms with Crippen LogP contribution in [0, 0.1) is 5.82 Å². The van der Waals surface area contributed by atoms with E-state index in [2.05, 4.69) is 13.8 Å². The van der Waals surface area contributed by atoms with E-state index in [1.165, 1.54) is 12.1 Å². The third-order valence-electron chi connectivity index (χ3n) is 4.70. The van der Waals surface area contributed by atoms with Crippen molar-refractivity contribution in [1.29, 1.82) is 0 Å². The maximum Gasteiger partial charge on any atom is 0.223 e. The van der Waals surface area contributed by atoms with Crippen LogP contribution in [-0.2, 0) is 16.1 Å². The molecule has 0 heterocycles. The second kappa shape index (κ2) is 10.3. The summed E-state index contributed by atoms with van der Waals surface area (Å²) in [7, 11) is 0. The molecule has 1 fully saturated rings. The SMILES string of the molecule is CCCN(CCC)C(=O)CCCC(=O)N(Cc1ccc(F)cc1)C1CC1. The number of carbonyl (C=O) groups excluding carboxylic acids is 2. The van der Waals surface area contributed by atoms with E-state index in [0.717, 1.165) is 44.3 Å². The summed E-state index contributed by atoms with van der Waals surface area (Å²) < 4.78 is 13.1. The molecule has 2 rings (SSSR count). The van der Waals surface area contributed by atoms with Crippen molar-refractivity contribution < 1.29 is 14.0 Å². The molecule has 26 heavy (non-hydrogen) atoms. The van der Waals surface area contributed by atoms with Crippen molar-refractivity contribution in [1.82, 2.24) is 9.80 Å². The maximum atomic E-state index is 13.1. The van der Waals surface area contributed by atoms with Crippen molar-refractivity contribution in [2.75, 3.05) is 13.1 Å². The van der Waals surface area contributed by atoms with E-state index >= 15 is 0 Å². The lowest BCUT2D eigenvalue weighted by molar-refractivity contribution is -0.133. The van der Waals surface area contributed by atoms with E-state index in [9.17, 15) is 14.0 Å². The van der Waals surface area contributed by atoms with E-state index in [0.29, 0.717) is 31.8 Å². The van der Waals surface area contributed by atoms with Gasteiger partial charge in [-0.2, -0.15) is 0 Å². The van der Waals surface area contributed by atoms with Gasteiger partial charge in [-0.05, 0) is 49.8 Å². The van der Waals surface area contributed by atoms with Crippen molar-refractivity contribution >= 4 is 11.8 Å². The molecule has 1 aromatic carbocycles. The standard InChI is InChI=1S/C21H31FN2O2/c1-3-14-23(15-4-2)20(25)6-5-7-21(26)24(19-12-13-19)16-17-8-10-18(22)11-9-17/h8-11,19H,3-7,12-16H2,1-2H3. The quantitative estimate of drug-likeness (QED) is 0.594. The molecule has 0 aromatic heterocycles. The molecule has 0 saturated heterocycles. The lowest BCUT2D eigenvalue weighted by Crippen LogP contribution is -2.34. The highest BCUT2D eigenvalue weighted by molar-refractivity contribution is 5.79. The molecular weight excluding hydrogens is 331 g/mol. The number of benzene rings is 1. The highest BCUT2D eigenvalue weighted by Gasteiger charge is 2.32. The topological polar surface area (TPSA) is 40.6 Å².